The van der Waals surface area contributed by atoms with Gasteiger partial charge in [0, 0.05) is 12.3 Å². The molecule has 0 N–H and O–H groups in total. The summed E-state index contributed by atoms with van der Waals surface area (Å²) < 4.78 is 11.8. The van der Waals surface area contributed by atoms with Crippen LogP contribution < -0.4 is 9.47 Å². The van der Waals surface area contributed by atoms with E-state index in [0.29, 0.717) is 12.5 Å². The maximum absolute atomic E-state index is 6.04. The predicted octanol–water partition coefficient (Wildman–Crippen LogP) is 6.02. The first-order valence-corrected chi connectivity index (χ1v) is 9.47. The Balaban J connectivity index is 1.80. The van der Waals surface area contributed by atoms with Crippen molar-refractivity contribution in [3.05, 3.63) is 53.2 Å². The molecule has 136 valence electrons. The molecular weight excluding hydrogens is 310 g/mol. The van der Waals surface area contributed by atoms with Crippen molar-refractivity contribution in [2.45, 2.75) is 65.9 Å². The molecule has 2 rings (SSSR count). The second-order valence-corrected chi connectivity index (χ2v) is 6.63. The van der Waals surface area contributed by atoms with Gasteiger partial charge in [-0.25, -0.2) is 4.98 Å². The van der Waals surface area contributed by atoms with E-state index in [1.165, 1.54) is 43.2 Å². The zero-order valence-electron chi connectivity index (χ0n) is 15.9. The van der Waals surface area contributed by atoms with Gasteiger partial charge in [-0.1, -0.05) is 45.1 Å². The van der Waals surface area contributed by atoms with E-state index >= 15 is 0 Å². The summed E-state index contributed by atoms with van der Waals surface area (Å²) in [4.78, 5) is 4.19. The number of benzene rings is 1. The summed E-state index contributed by atoms with van der Waals surface area (Å²) >= 11 is 0. The van der Waals surface area contributed by atoms with E-state index in [4.69, 9.17) is 9.47 Å². The second kappa shape index (κ2) is 10.8. The Bertz CT molecular complexity index is 602. The summed E-state index contributed by atoms with van der Waals surface area (Å²) in [5.74, 6) is 1.68. The first-order chi connectivity index (χ1) is 12.2. The molecule has 1 aromatic carbocycles. The number of unbranched alkanes of at least 4 members (excludes halogenated alkanes) is 5. The molecule has 0 spiro atoms. The molecular formula is C22H31NO2. The van der Waals surface area contributed by atoms with Crippen LogP contribution in [0.4, 0.5) is 0 Å². The number of rotatable bonds is 11. The van der Waals surface area contributed by atoms with E-state index in [1.54, 1.807) is 6.20 Å². The fourth-order valence-electron chi connectivity index (χ4n) is 3.00. The monoisotopic (exact) mass is 341 g/mol. The molecule has 0 saturated heterocycles. The quantitative estimate of drug-likeness (QED) is 0.469. The molecule has 0 amide bonds. The minimum atomic E-state index is 0.524. The van der Waals surface area contributed by atoms with Crippen molar-refractivity contribution in [1.82, 2.24) is 4.98 Å². The number of pyridine rings is 1. The Morgan fingerprint density at radius 2 is 1.60 bits per heavy atom. The lowest BCUT2D eigenvalue weighted by molar-refractivity contribution is 0.290. The van der Waals surface area contributed by atoms with Crippen LogP contribution >= 0.6 is 0 Å². The first kappa shape index (κ1) is 19.3. The highest BCUT2D eigenvalue weighted by Crippen LogP contribution is 2.26. The molecule has 25 heavy (non-hydrogen) atoms. The maximum Gasteiger partial charge on any atom is 0.213 e. The Kier molecular flexibility index (Phi) is 8.30. The van der Waals surface area contributed by atoms with Gasteiger partial charge in [0.25, 0.3) is 0 Å². The average Bonchev–Trinajstić information content (AvgIpc) is 2.62. The summed E-state index contributed by atoms with van der Waals surface area (Å²) in [6.07, 6.45) is 9.44. The SMILES string of the molecule is CCCCCCCCOc1c(C)cc(COc2ccccn2)cc1C. The van der Waals surface area contributed by atoms with Crippen LogP contribution in [0.25, 0.3) is 0 Å². The van der Waals surface area contributed by atoms with Gasteiger partial charge in [-0.15, -0.1) is 0 Å². The van der Waals surface area contributed by atoms with Gasteiger partial charge in [-0.3, -0.25) is 0 Å². The molecule has 0 atom stereocenters. The van der Waals surface area contributed by atoms with E-state index in [2.05, 4.69) is 37.9 Å². The Morgan fingerprint density at radius 3 is 2.28 bits per heavy atom. The third-order valence-corrected chi connectivity index (χ3v) is 4.29. The number of ether oxygens (including phenoxy) is 2. The number of hydrogen-bond donors (Lipinski definition) is 0. The molecule has 0 aliphatic heterocycles. The molecule has 0 fully saturated rings. The van der Waals surface area contributed by atoms with Crippen molar-refractivity contribution < 1.29 is 9.47 Å². The summed E-state index contributed by atoms with van der Waals surface area (Å²) in [5, 5.41) is 0. The lowest BCUT2D eigenvalue weighted by Gasteiger charge is -2.14. The maximum atomic E-state index is 6.04. The van der Waals surface area contributed by atoms with Crippen LogP contribution in [0.2, 0.25) is 0 Å². The van der Waals surface area contributed by atoms with Crippen molar-refractivity contribution in [3.63, 3.8) is 0 Å². The molecule has 0 radical (unpaired) electrons. The van der Waals surface area contributed by atoms with Crippen molar-refractivity contribution in [3.8, 4) is 11.6 Å². The highest BCUT2D eigenvalue weighted by molar-refractivity contribution is 5.43. The number of aromatic nitrogens is 1. The van der Waals surface area contributed by atoms with E-state index in [0.717, 1.165) is 24.3 Å². The van der Waals surface area contributed by atoms with Gasteiger partial charge < -0.3 is 9.47 Å². The van der Waals surface area contributed by atoms with Gasteiger partial charge >= 0.3 is 0 Å². The number of aryl methyl sites for hydroxylation is 2. The Morgan fingerprint density at radius 1 is 0.880 bits per heavy atom. The van der Waals surface area contributed by atoms with Gasteiger partial charge in [-0.2, -0.15) is 0 Å². The molecule has 0 aliphatic carbocycles. The standard InChI is InChI=1S/C22H31NO2/c1-4-5-6-7-8-11-14-24-22-18(2)15-20(16-19(22)3)17-25-21-12-9-10-13-23-21/h9-10,12-13,15-16H,4-8,11,14,17H2,1-3H3. The zero-order valence-corrected chi connectivity index (χ0v) is 15.9. The molecule has 0 saturated carbocycles. The van der Waals surface area contributed by atoms with Crippen molar-refractivity contribution >= 4 is 0 Å². The molecule has 2 aromatic rings. The topological polar surface area (TPSA) is 31.4 Å². The van der Waals surface area contributed by atoms with Crippen LogP contribution in [-0.4, -0.2) is 11.6 Å². The summed E-state index contributed by atoms with van der Waals surface area (Å²) in [5.41, 5.74) is 3.49. The number of nitrogens with zero attached hydrogens (tertiary/aromatic N) is 1. The van der Waals surface area contributed by atoms with Crippen molar-refractivity contribution in [1.29, 1.82) is 0 Å². The molecule has 0 aliphatic rings. The zero-order chi connectivity index (χ0) is 17.9. The van der Waals surface area contributed by atoms with Gasteiger partial charge in [-0.05, 0) is 55.2 Å². The molecule has 0 bridgehead atoms. The van der Waals surface area contributed by atoms with Crippen LogP contribution in [0.5, 0.6) is 11.6 Å². The highest BCUT2D eigenvalue weighted by atomic mass is 16.5. The minimum Gasteiger partial charge on any atom is -0.493 e. The smallest absolute Gasteiger partial charge is 0.213 e. The van der Waals surface area contributed by atoms with E-state index in [1.807, 2.05) is 18.2 Å². The molecule has 1 aromatic heterocycles. The van der Waals surface area contributed by atoms with Crippen LogP contribution in [0.3, 0.4) is 0 Å². The molecule has 1 heterocycles. The van der Waals surface area contributed by atoms with Gasteiger partial charge in [0.1, 0.15) is 12.4 Å². The van der Waals surface area contributed by atoms with E-state index < -0.39 is 0 Å². The van der Waals surface area contributed by atoms with Crippen LogP contribution in [-0.2, 0) is 6.61 Å². The minimum absolute atomic E-state index is 0.524. The van der Waals surface area contributed by atoms with Gasteiger partial charge in [0.15, 0.2) is 0 Å². The highest BCUT2D eigenvalue weighted by Gasteiger charge is 2.07. The largest absolute Gasteiger partial charge is 0.493 e. The third-order valence-electron chi connectivity index (χ3n) is 4.29. The molecule has 3 nitrogen and oxygen atoms in total. The Labute approximate surface area is 152 Å². The molecule has 0 unspecified atom stereocenters. The fraction of sp³-hybridized carbons (Fsp3) is 0.500. The van der Waals surface area contributed by atoms with Crippen LogP contribution in [0, 0.1) is 13.8 Å². The fourth-order valence-corrected chi connectivity index (χ4v) is 3.00. The summed E-state index contributed by atoms with van der Waals surface area (Å²) in [6, 6.07) is 9.98. The van der Waals surface area contributed by atoms with E-state index in [9.17, 15) is 0 Å². The van der Waals surface area contributed by atoms with Gasteiger partial charge in [0.2, 0.25) is 5.88 Å². The summed E-state index contributed by atoms with van der Waals surface area (Å²) in [7, 11) is 0. The Hall–Kier alpha value is -2.03. The van der Waals surface area contributed by atoms with Crippen LogP contribution in [0.1, 0.15) is 62.1 Å². The molecule has 3 heteroatoms. The second-order valence-electron chi connectivity index (χ2n) is 6.63. The normalized spacial score (nSPS) is 10.7. The van der Waals surface area contributed by atoms with Crippen molar-refractivity contribution in [2.24, 2.45) is 0 Å². The van der Waals surface area contributed by atoms with E-state index in [-0.39, 0.29) is 0 Å². The first-order valence-electron chi connectivity index (χ1n) is 9.47. The third kappa shape index (κ3) is 6.77. The number of hydrogen-bond acceptors (Lipinski definition) is 3. The average molecular weight is 341 g/mol. The lowest BCUT2D eigenvalue weighted by Crippen LogP contribution is -2.03. The van der Waals surface area contributed by atoms with Gasteiger partial charge in [0.05, 0.1) is 6.61 Å². The van der Waals surface area contributed by atoms with Crippen molar-refractivity contribution in [2.75, 3.05) is 6.61 Å². The van der Waals surface area contributed by atoms with Crippen LogP contribution in [0.15, 0.2) is 36.5 Å². The lowest BCUT2D eigenvalue weighted by atomic mass is 10.1. The summed E-state index contributed by atoms with van der Waals surface area (Å²) in [6.45, 7) is 7.79. The predicted molar refractivity (Wildman–Crippen MR) is 103 cm³/mol.